The lowest BCUT2D eigenvalue weighted by Crippen LogP contribution is -2.51. The molecule has 0 amide bonds. The molecule has 0 aliphatic rings. The Labute approximate surface area is 189 Å². The van der Waals surface area contributed by atoms with Gasteiger partial charge < -0.3 is 14.9 Å². The summed E-state index contributed by atoms with van der Waals surface area (Å²) in [7, 11) is 1.36. The number of benzene rings is 3. The summed E-state index contributed by atoms with van der Waals surface area (Å²) >= 11 is 0. The smallest absolute Gasteiger partial charge is 0.337 e. The molecular formula is C27H31NO4. The monoisotopic (exact) mass is 433 g/mol. The second kappa shape index (κ2) is 11.6. The maximum absolute atomic E-state index is 11.7. The van der Waals surface area contributed by atoms with Crippen LogP contribution in [0.2, 0.25) is 0 Å². The van der Waals surface area contributed by atoms with Crippen LogP contribution in [0.5, 0.6) is 0 Å². The van der Waals surface area contributed by atoms with Crippen LogP contribution < -0.4 is 0 Å². The number of methoxy groups -OCH3 is 1. The van der Waals surface area contributed by atoms with Crippen LogP contribution in [0, 0.1) is 0 Å². The third kappa shape index (κ3) is 6.50. The number of aliphatic hydroxyl groups excluding tert-OH is 2. The number of rotatable bonds is 10. The summed E-state index contributed by atoms with van der Waals surface area (Å²) in [5.41, 5.74) is 3.51. The first-order valence-corrected chi connectivity index (χ1v) is 10.9. The van der Waals surface area contributed by atoms with Gasteiger partial charge >= 0.3 is 5.97 Å². The van der Waals surface area contributed by atoms with Crippen molar-refractivity contribution in [3.05, 3.63) is 107 Å². The molecule has 0 spiro atoms. The molecule has 0 saturated carbocycles. The Kier molecular flexibility index (Phi) is 8.56. The predicted octanol–water partition coefficient (Wildman–Crippen LogP) is 3.83. The zero-order valence-electron chi connectivity index (χ0n) is 18.6. The van der Waals surface area contributed by atoms with Gasteiger partial charge in [-0.15, -0.1) is 0 Å². The molecule has 2 N–H and O–H groups in total. The molecule has 0 radical (unpaired) electrons. The van der Waals surface area contributed by atoms with E-state index in [1.165, 1.54) is 7.11 Å². The Bertz CT molecular complexity index is 912. The molecule has 3 aromatic carbocycles. The molecule has 3 aromatic rings. The van der Waals surface area contributed by atoms with Gasteiger partial charge in [0.1, 0.15) is 12.5 Å². The molecule has 0 aliphatic carbocycles. The first kappa shape index (κ1) is 23.7. The molecule has 168 valence electrons. The largest absolute Gasteiger partial charge is 0.465 e. The lowest BCUT2D eigenvalue weighted by atomic mass is 10.0. The third-order valence-corrected chi connectivity index (χ3v) is 5.63. The van der Waals surface area contributed by atoms with E-state index in [9.17, 15) is 15.0 Å². The number of esters is 1. The number of carbonyl (C=O) groups excluding carboxylic acids is 1. The summed E-state index contributed by atoms with van der Waals surface area (Å²) in [5, 5.41) is 22.2. The minimum Gasteiger partial charge on any atom is -0.465 e. The standard InChI is InChI=1S/C27H31NO4/c1-20(17-23-13-15-24(16-14-23)27(31)32-2)28(25(29)18-21-9-5-3-6-10-21)26(30)19-22-11-7-4-8-12-22/h3-16,20,25-26,29-30H,17-19H2,1-2H3. The van der Waals surface area contributed by atoms with E-state index in [0.717, 1.165) is 16.7 Å². The molecule has 5 nitrogen and oxygen atoms in total. The summed E-state index contributed by atoms with van der Waals surface area (Å²) < 4.78 is 4.76. The molecule has 32 heavy (non-hydrogen) atoms. The Balaban J connectivity index is 1.77. The molecule has 0 bridgehead atoms. The zero-order chi connectivity index (χ0) is 22.9. The highest BCUT2D eigenvalue weighted by molar-refractivity contribution is 5.89. The van der Waals surface area contributed by atoms with Crippen LogP contribution >= 0.6 is 0 Å². The quantitative estimate of drug-likeness (QED) is 0.376. The van der Waals surface area contributed by atoms with E-state index in [4.69, 9.17) is 4.74 Å². The third-order valence-electron chi connectivity index (χ3n) is 5.63. The summed E-state index contributed by atoms with van der Waals surface area (Å²) in [6.07, 6.45) is -0.253. The first-order chi connectivity index (χ1) is 15.5. The van der Waals surface area contributed by atoms with Gasteiger partial charge in [0.15, 0.2) is 0 Å². The number of hydrogen-bond acceptors (Lipinski definition) is 5. The molecule has 0 fully saturated rings. The Morgan fingerprint density at radius 3 is 1.62 bits per heavy atom. The highest BCUT2D eigenvalue weighted by atomic mass is 16.5. The predicted molar refractivity (Wildman–Crippen MR) is 125 cm³/mol. The topological polar surface area (TPSA) is 70.0 Å². The van der Waals surface area contributed by atoms with Crippen LogP contribution in [-0.2, 0) is 24.0 Å². The highest BCUT2D eigenvalue weighted by Gasteiger charge is 2.28. The fourth-order valence-electron chi connectivity index (χ4n) is 3.99. The maximum atomic E-state index is 11.7. The van der Waals surface area contributed by atoms with Crippen LogP contribution in [0.25, 0.3) is 0 Å². The van der Waals surface area contributed by atoms with Crippen LogP contribution in [0.15, 0.2) is 84.9 Å². The Morgan fingerprint density at radius 1 is 0.750 bits per heavy atom. The van der Waals surface area contributed by atoms with Gasteiger partial charge in [0, 0.05) is 18.9 Å². The number of carbonyl (C=O) groups is 1. The van der Waals surface area contributed by atoms with Crippen LogP contribution in [0.3, 0.4) is 0 Å². The molecule has 3 rings (SSSR count). The maximum Gasteiger partial charge on any atom is 0.337 e. The van der Waals surface area contributed by atoms with Crippen molar-refractivity contribution in [3.63, 3.8) is 0 Å². The number of nitrogens with zero attached hydrogens (tertiary/aromatic N) is 1. The van der Waals surface area contributed by atoms with E-state index < -0.39 is 12.5 Å². The average Bonchev–Trinajstić information content (AvgIpc) is 2.80. The first-order valence-electron chi connectivity index (χ1n) is 10.9. The van der Waals surface area contributed by atoms with E-state index in [0.29, 0.717) is 24.8 Å². The SMILES string of the molecule is COC(=O)c1ccc(CC(C)N(C(O)Cc2ccccc2)C(O)Cc2ccccc2)cc1. The van der Waals surface area contributed by atoms with Crippen molar-refractivity contribution in [1.82, 2.24) is 4.90 Å². The van der Waals surface area contributed by atoms with Crippen molar-refractivity contribution < 1.29 is 19.7 Å². The van der Waals surface area contributed by atoms with E-state index in [1.54, 1.807) is 17.0 Å². The Morgan fingerprint density at radius 2 is 1.19 bits per heavy atom. The van der Waals surface area contributed by atoms with E-state index in [-0.39, 0.29) is 12.0 Å². The van der Waals surface area contributed by atoms with Crippen LogP contribution in [0.1, 0.15) is 34.0 Å². The van der Waals surface area contributed by atoms with E-state index in [1.807, 2.05) is 79.7 Å². The van der Waals surface area contributed by atoms with Crippen LogP contribution in [0.4, 0.5) is 0 Å². The fourth-order valence-corrected chi connectivity index (χ4v) is 3.99. The number of aliphatic hydroxyl groups is 2. The van der Waals surface area contributed by atoms with E-state index >= 15 is 0 Å². The molecule has 0 heterocycles. The summed E-state index contributed by atoms with van der Waals surface area (Å²) in [6, 6.07) is 26.6. The van der Waals surface area contributed by atoms with Gasteiger partial charge in [-0.2, -0.15) is 0 Å². The van der Waals surface area contributed by atoms with Gasteiger partial charge in [0.05, 0.1) is 12.7 Å². The fraction of sp³-hybridized carbons (Fsp3) is 0.296. The molecule has 3 unspecified atom stereocenters. The highest BCUT2D eigenvalue weighted by Crippen LogP contribution is 2.20. The zero-order valence-corrected chi connectivity index (χ0v) is 18.6. The second-order valence-corrected chi connectivity index (χ2v) is 8.03. The Hall–Kier alpha value is -2.99. The second-order valence-electron chi connectivity index (χ2n) is 8.03. The normalized spacial score (nSPS) is 14.0. The lowest BCUT2D eigenvalue weighted by Gasteiger charge is -2.37. The van der Waals surface area contributed by atoms with Crippen molar-refractivity contribution in [2.24, 2.45) is 0 Å². The molecule has 5 heteroatoms. The minimum atomic E-state index is -0.847. The van der Waals surface area contributed by atoms with Gasteiger partial charge in [0.2, 0.25) is 0 Å². The summed E-state index contributed by atoms with van der Waals surface area (Å²) in [6.45, 7) is 2.00. The average molecular weight is 434 g/mol. The van der Waals surface area contributed by atoms with Crippen molar-refractivity contribution in [1.29, 1.82) is 0 Å². The van der Waals surface area contributed by atoms with Crippen molar-refractivity contribution >= 4 is 5.97 Å². The molecule has 0 aliphatic heterocycles. The van der Waals surface area contributed by atoms with Gasteiger partial charge in [-0.05, 0) is 42.2 Å². The van der Waals surface area contributed by atoms with Crippen molar-refractivity contribution in [2.45, 2.75) is 44.7 Å². The van der Waals surface area contributed by atoms with Gasteiger partial charge in [-0.25, -0.2) is 9.69 Å². The van der Waals surface area contributed by atoms with Gasteiger partial charge in [-0.3, -0.25) is 0 Å². The molecule has 3 atom stereocenters. The summed E-state index contributed by atoms with van der Waals surface area (Å²) in [5.74, 6) is -0.372. The molecule has 0 saturated heterocycles. The minimum absolute atomic E-state index is 0.142. The van der Waals surface area contributed by atoms with Crippen molar-refractivity contribution in [3.8, 4) is 0 Å². The molecular weight excluding hydrogens is 402 g/mol. The van der Waals surface area contributed by atoms with Gasteiger partial charge in [-0.1, -0.05) is 72.8 Å². The van der Waals surface area contributed by atoms with Crippen molar-refractivity contribution in [2.75, 3.05) is 7.11 Å². The van der Waals surface area contributed by atoms with Gasteiger partial charge in [0.25, 0.3) is 0 Å². The number of hydrogen-bond donors (Lipinski definition) is 2. The summed E-state index contributed by atoms with van der Waals surface area (Å²) in [4.78, 5) is 13.5. The number of ether oxygens (including phenoxy) is 1. The molecule has 0 aromatic heterocycles. The van der Waals surface area contributed by atoms with Crippen LogP contribution in [-0.4, -0.2) is 46.7 Å². The van der Waals surface area contributed by atoms with E-state index in [2.05, 4.69) is 0 Å². The lowest BCUT2D eigenvalue weighted by molar-refractivity contribution is -0.120.